The Morgan fingerprint density at radius 1 is 1.39 bits per heavy atom. The van der Waals surface area contributed by atoms with Gasteiger partial charge in [0.2, 0.25) is 5.91 Å². The van der Waals surface area contributed by atoms with Crippen LogP contribution in [0.2, 0.25) is 0 Å². The molecule has 0 radical (unpaired) electrons. The molecule has 2 aliphatic heterocycles. The lowest BCUT2D eigenvalue weighted by molar-refractivity contribution is -0.127. The van der Waals surface area contributed by atoms with Crippen LogP contribution in [0.3, 0.4) is 0 Å². The van der Waals surface area contributed by atoms with Gasteiger partial charge in [0.05, 0.1) is 19.1 Å². The molecule has 13 heteroatoms. The highest BCUT2D eigenvalue weighted by Gasteiger charge is 2.51. The predicted octanol–water partition coefficient (Wildman–Crippen LogP) is -2.62. The molecule has 0 aliphatic carbocycles. The van der Waals surface area contributed by atoms with E-state index in [1.807, 2.05) is 5.32 Å². The van der Waals surface area contributed by atoms with Crippen LogP contribution in [-0.4, -0.2) is 74.0 Å². The lowest BCUT2D eigenvalue weighted by atomic mass is 10.1. The molecule has 0 aromatic carbocycles. The van der Waals surface area contributed by atoms with Crippen molar-refractivity contribution < 1.29 is 43.4 Å². The summed E-state index contributed by atoms with van der Waals surface area (Å²) < 4.78 is 20.1. The highest BCUT2D eigenvalue weighted by molar-refractivity contribution is 7.46. The molecule has 0 aromatic heterocycles. The summed E-state index contributed by atoms with van der Waals surface area (Å²) in [5, 5.41) is 30.8. The van der Waals surface area contributed by atoms with Crippen molar-refractivity contribution in [3.05, 3.63) is 0 Å². The van der Waals surface area contributed by atoms with Crippen molar-refractivity contribution in [3.63, 3.8) is 0 Å². The molecule has 0 aromatic rings. The van der Waals surface area contributed by atoms with Crippen molar-refractivity contribution in [2.24, 2.45) is 0 Å². The van der Waals surface area contributed by atoms with Crippen molar-refractivity contribution >= 4 is 19.8 Å². The number of aliphatic hydroxyl groups excluding tert-OH is 2. The van der Waals surface area contributed by atoms with Gasteiger partial charge in [0.1, 0.15) is 24.4 Å². The van der Waals surface area contributed by atoms with Crippen LogP contribution in [0.1, 0.15) is 6.42 Å². The summed E-state index contributed by atoms with van der Waals surface area (Å²) in [5.41, 5.74) is 0. The molecule has 2 fully saturated rings. The first kappa shape index (κ1) is 17.8. The number of nitrogens with zero attached hydrogens (tertiary/aromatic N) is 2. The third-order valence-corrected chi connectivity index (χ3v) is 3.85. The number of phosphoric acid groups is 1. The van der Waals surface area contributed by atoms with E-state index in [-0.39, 0.29) is 6.42 Å². The Kier molecular flexibility index (Phi) is 5.02. The summed E-state index contributed by atoms with van der Waals surface area (Å²) in [5.74, 6) is -0.674. The molecule has 2 saturated heterocycles. The fraction of sp³-hybridized carbons (Fsp3) is 0.700. The number of aliphatic hydroxyl groups is 2. The average molecular weight is 351 g/mol. The smallest absolute Gasteiger partial charge is 0.387 e. The topological polar surface area (TPSA) is 190 Å². The van der Waals surface area contributed by atoms with Gasteiger partial charge in [-0.05, 0) is 0 Å². The number of nitriles is 1. The van der Waals surface area contributed by atoms with Crippen LogP contribution in [0, 0.1) is 11.3 Å². The summed E-state index contributed by atoms with van der Waals surface area (Å²) in [6.45, 7) is -0.745. The van der Waals surface area contributed by atoms with E-state index in [0.29, 0.717) is 0 Å². The minimum Gasteiger partial charge on any atom is -0.387 e. The minimum absolute atomic E-state index is 0.339. The van der Waals surface area contributed by atoms with Crippen LogP contribution in [0.5, 0.6) is 0 Å². The predicted molar refractivity (Wildman–Crippen MR) is 68.1 cm³/mol. The summed E-state index contributed by atoms with van der Waals surface area (Å²) >= 11 is 0. The monoisotopic (exact) mass is 351 g/mol. The summed E-state index contributed by atoms with van der Waals surface area (Å²) in [6, 6.07) is -0.490. The molecule has 128 valence electrons. The minimum atomic E-state index is -4.82. The number of nitrogens with one attached hydrogen (secondary N) is 1. The van der Waals surface area contributed by atoms with Crippen LogP contribution in [-0.2, 0) is 18.6 Å². The van der Waals surface area contributed by atoms with Crippen LogP contribution >= 0.6 is 7.82 Å². The third-order valence-electron chi connectivity index (χ3n) is 3.36. The zero-order valence-electron chi connectivity index (χ0n) is 11.5. The van der Waals surface area contributed by atoms with Crippen LogP contribution < -0.4 is 5.32 Å². The average Bonchev–Trinajstić information content (AvgIpc) is 2.71. The second-order valence-electron chi connectivity index (χ2n) is 4.94. The molecule has 0 unspecified atom stereocenters. The van der Waals surface area contributed by atoms with Gasteiger partial charge in [0.25, 0.3) is 0 Å². The molecule has 5 N–H and O–H groups in total. The fourth-order valence-electron chi connectivity index (χ4n) is 2.32. The number of ether oxygens (including phenoxy) is 1. The second-order valence-corrected chi connectivity index (χ2v) is 6.18. The van der Waals surface area contributed by atoms with Gasteiger partial charge in [-0.2, -0.15) is 5.26 Å². The Balaban J connectivity index is 2.13. The van der Waals surface area contributed by atoms with E-state index < -0.39 is 56.9 Å². The quantitative estimate of drug-likeness (QED) is 0.335. The zero-order chi connectivity index (χ0) is 17.4. The first-order valence-corrected chi connectivity index (χ1v) is 7.90. The molecule has 2 rings (SSSR count). The van der Waals surface area contributed by atoms with Crippen molar-refractivity contribution in [2.75, 3.05) is 6.61 Å². The molecule has 0 spiro atoms. The Bertz CT molecular complexity index is 587. The number of phosphoric ester groups is 1. The highest BCUT2D eigenvalue weighted by atomic mass is 31.2. The second kappa shape index (κ2) is 6.50. The maximum absolute atomic E-state index is 11.9. The Hall–Kier alpha value is -1.58. The van der Waals surface area contributed by atoms with Crippen molar-refractivity contribution in [1.29, 1.82) is 5.26 Å². The Morgan fingerprint density at radius 3 is 2.61 bits per heavy atom. The molecule has 23 heavy (non-hydrogen) atoms. The molecule has 2 aliphatic rings. The molecular weight excluding hydrogens is 337 g/mol. The van der Waals surface area contributed by atoms with Gasteiger partial charge in [-0.3, -0.25) is 19.5 Å². The molecule has 2 heterocycles. The molecule has 3 amide bonds. The van der Waals surface area contributed by atoms with Gasteiger partial charge in [-0.1, -0.05) is 0 Å². The lowest BCUT2D eigenvalue weighted by Gasteiger charge is -2.36. The van der Waals surface area contributed by atoms with Gasteiger partial charge >= 0.3 is 13.9 Å². The number of carbonyl (C=O) groups is 2. The van der Waals surface area contributed by atoms with E-state index in [1.165, 1.54) is 0 Å². The number of imide groups is 1. The number of carbonyl (C=O) groups excluding carboxylic acids is 2. The zero-order valence-corrected chi connectivity index (χ0v) is 12.4. The van der Waals surface area contributed by atoms with E-state index in [4.69, 9.17) is 19.8 Å². The third kappa shape index (κ3) is 3.85. The van der Waals surface area contributed by atoms with Gasteiger partial charge in [-0.25, -0.2) is 9.36 Å². The summed E-state index contributed by atoms with van der Waals surface area (Å²) in [7, 11) is -4.82. The standard InChI is InChI=1S/C10H14N3O9P/c11-2-4-1-6(14)12-10(17)13(4)9-8(16)7(15)5(22-9)3-21-23(18,19)20/h4-5,7-9,15-16H,1,3H2,(H,12,14,17)(H2,18,19,20)/t4-,5-,7-,8-,9-/m1/s1. The number of rotatable bonds is 4. The fourth-order valence-corrected chi connectivity index (χ4v) is 2.66. The van der Waals surface area contributed by atoms with E-state index in [1.54, 1.807) is 6.07 Å². The number of amides is 3. The van der Waals surface area contributed by atoms with E-state index in [0.717, 1.165) is 4.90 Å². The Labute approximate surface area is 129 Å². The molecule has 0 saturated carbocycles. The molecule has 0 bridgehead atoms. The maximum Gasteiger partial charge on any atom is 0.469 e. The molecule has 5 atom stereocenters. The van der Waals surface area contributed by atoms with Gasteiger partial charge in [-0.15, -0.1) is 0 Å². The summed E-state index contributed by atoms with van der Waals surface area (Å²) in [6.07, 6.45) is -6.43. The summed E-state index contributed by atoms with van der Waals surface area (Å²) in [4.78, 5) is 41.1. The van der Waals surface area contributed by atoms with Crippen molar-refractivity contribution in [1.82, 2.24) is 10.2 Å². The largest absolute Gasteiger partial charge is 0.469 e. The maximum atomic E-state index is 11.9. The Morgan fingerprint density at radius 2 is 2.04 bits per heavy atom. The first-order chi connectivity index (χ1) is 10.6. The molecular formula is C10H14N3O9P. The number of hydrogen-bond donors (Lipinski definition) is 5. The lowest BCUT2D eigenvalue weighted by Crippen LogP contribution is -2.60. The number of urea groups is 1. The van der Waals surface area contributed by atoms with Crippen LogP contribution in [0.4, 0.5) is 4.79 Å². The van der Waals surface area contributed by atoms with E-state index in [2.05, 4.69) is 4.52 Å². The van der Waals surface area contributed by atoms with Gasteiger partial charge in [0.15, 0.2) is 6.23 Å². The normalized spacial score (nSPS) is 35.1. The van der Waals surface area contributed by atoms with Crippen LogP contribution in [0.15, 0.2) is 0 Å². The highest BCUT2D eigenvalue weighted by Crippen LogP contribution is 2.37. The van der Waals surface area contributed by atoms with E-state index in [9.17, 15) is 24.4 Å². The van der Waals surface area contributed by atoms with Crippen LogP contribution in [0.25, 0.3) is 0 Å². The van der Waals surface area contributed by atoms with Gasteiger partial charge in [0, 0.05) is 0 Å². The molecule has 12 nitrogen and oxygen atoms in total. The van der Waals surface area contributed by atoms with Crippen molar-refractivity contribution in [2.45, 2.75) is 37.0 Å². The van der Waals surface area contributed by atoms with Crippen molar-refractivity contribution in [3.8, 4) is 6.07 Å². The SMILES string of the molecule is N#C[C@H]1CC(=O)NC(=O)N1[C@@H]1O[C@H](COP(=O)(O)O)[C@@H](O)[C@H]1O. The van der Waals surface area contributed by atoms with Gasteiger partial charge < -0.3 is 24.7 Å². The number of hydrogen-bond acceptors (Lipinski definition) is 8. The van der Waals surface area contributed by atoms with E-state index >= 15 is 0 Å². The first-order valence-electron chi connectivity index (χ1n) is 6.37.